The molecule has 1 aliphatic rings. The van der Waals surface area contributed by atoms with Crippen molar-refractivity contribution in [2.45, 2.75) is 44.9 Å². The Labute approximate surface area is 187 Å². The van der Waals surface area contributed by atoms with Crippen molar-refractivity contribution < 1.29 is 22.7 Å². The second-order valence-corrected chi connectivity index (χ2v) is 9.51. The Morgan fingerprint density at radius 1 is 1.22 bits per heavy atom. The molecule has 172 valence electrons. The van der Waals surface area contributed by atoms with Crippen molar-refractivity contribution in [3.63, 3.8) is 0 Å². The predicted molar refractivity (Wildman–Crippen MR) is 120 cm³/mol. The molecule has 1 aliphatic heterocycles. The second kappa shape index (κ2) is 10.1. The molecule has 2 heterocycles. The summed E-state index contributed by atoms with van der Waals surface area (Å²) in [5.74, 6) is -0.961. The van der Waals surface area contributed by atoms with E-state index < -0.39 is 21.9 Å². The molecule has 1 aromatic carbocycles. The van der Waals surface area contributed by atoms with Gasteiger partial charge < -0.3 is 9.72 Å². The molecule has 1 fully saturated rings. The Kier molecular flexibility index (Phi) is 7.47. The number of carbonyl (C=O) groups excluding carboxylic acids is 2. The van der Waals surface area contributed by atoms with Crippen molar-refractivity contribution >= 4 is 28.1 Å². The Hall–Kier alpha value is -2.98. The Morgan fingerprint density at radius 3 is 2.62 bits per heavy atom. The molecule has 1 amide bonds. The summed E-state index contributed by atoms with van der Waals surface area (Å²) in [6, 6.07) is 5.92. The number of sulfonamides is 1. The van der Waals surface area contributed by atoms with Gasteiger partial charge in [0.05, 0.1) is 29.0 Å². The van der Waals surface area contributed by atoms with Crippen molar-refractivity contribution in [3.05, 3.63) is 52.3 Å². The highest BCUT2D eigenvalue weighted by molar-refractivity contribution is 7.89. The zero-order valence-corrected chi connectivity index (χ0v) is 19.3. The molecule has 0 atom stereocenters. The van der Waals surface area contributed by atoms with Crippen LogP contribution in [0, 0.1) is 13.8 Å². The van der Waals surface area contributed by atoms with E-state index in [9.17, 15) is 18.0 Å². The van der Waals surface area contributed by atoms with Crippen molar-refractivity contribution in [3.8, 4) is 0 Å². The fraction of sp³-hybridized carbons (Fsp3) is 0.409. The number of esters is 1. The maximum atomic E-state index is 12.9. The molecule has 0 spiro atoms. The second-order valence-electron chi connectivity index (χ2n) is 7.58. The van der Waals surface area contributed by atoms with E-state index in [1.54, 1.807) is 26.8 Å². The summed E-state index contributed by atoms with van der Waals surface area (Å²) in [7, 11) is -3.64. The zero-order chi connectivity index (χ0) is 23.3. The van der Waals surface area contributed by atoms with Crippen molar-refractivity contribution in [1.82, 2.24) is 14.7 Å². The van der Waals surface area contributed by atoms with E-state index in [1.807, 2.05) is 0 Å². The molecule has 1 saturated heterocycles. The van der Waals surface area contributed by atoms with Crippen LogP contribution in [0.4, 0.5) is 0 Å². The van der Waals surface area contributed by atoms with Crippen LogP contribution in [0.2, 0.25) is 0 Å². The standard InChI is InChI=1S/C22H28N4O5S/c1-4-31-22(28)20-15(2)19(24-16(20)3)14-23-25-21(27)17-9-8-10-18(13-17)32(29,30)26-11-6-5-7-12-26/h8-10,13-14,24H,4-7,11-12H2,1-3H3,(H,25,27)/b23-14+. The number of hydrogen-bond acceptors (Lipinski definition) is 6. The molecular weight excluding hydrogens is 432 g/mol. The third kappa shape index (κ3) is 5.08. The van der Waals surface area contributed by atoms with Gasteiger partial charge in [0.2, 0.25) is 10.0 Å². The number of piperidine rings is 1. The summed E-state index contributed by atoms with van der Waals surface area (Å²) in [5.41, 5.74) is 4.89. The van der Waals surface area contributed by atoms with Crippen LogP contribution in [0.1, 0.15) is 63.9 Å². The number of carbonyl (C=O) groups is 2. The van der Waals surface area contributed by atoms with Crippen LogP contribution in [0.3, 0.4) is 0 Å². The SMILES string of the molecule is CCOC(=O)c1c(C)[nH]c(/C=N/NC(=O)c2cccc(S(=O)(=O)N3CCCCC3)c2)c1C. The van der Waals surface area contributed by atoms with Crippen LogP contribution in [0.15, 0.2) is 34.3 Å². The minimum atomic E-state index is -3.64. The zero-order valence-electron chi connectivity index (χ0n) is 18.5. The number of aromatic nitrogens is 1. The van der Waals surface area contributed by atoms with Gasteiger partial charge in [0, 0.05) is 24.3 Å². The van der Waals surface area contributed by atoms with E-state index in [0.717, 1.165) is 19.3 Å². The minimum absolute atomic E-state index is 0.0888. The third-order valence-electron chi connectivity index (χ3n) is 5.36. The normalized spacial score (nSPS) is 15.1. The fourth-order valence-corrected chi connectivity index (χ4v) is 5.25. The largest absolute Gasteiger partial charge is 0.462 e. The first kappa shape index (κ1) is 23.7. The highest BCUT2D eigenvalue weighted by Gasteiger charge is 2.26. The summed E-state index contributed by atoms with van der Waals surface area (Å²) in [4.78, 5) is 27.7. The Balaban J connectivity index is 1.72. The van der Waals surface area contributed by atoms with E-state index in [2.05, 4.69) is 15.5 Å². The number of nitrogens with one attached hydrogen (secondary N) is 2. The number of aryl methyl sites for hydroxylation is 1. The van der Waals surface area contributed by atoms with Gasteiger partial charge in [-0.05, 0) is 57.4 Å². The molecule has 2 N–H and O–H groups in total. The summed E-state index contributed by atoms with van der Waals surface area (Å²) >= 11 is 0. The number of aromatic amines is 1. The van der Waals surface area contributed by atoms with Gasteiger partial charge in [-0.15, -0.1) is 0 Å². The smallest absolute Gasteiger partial charge is 0.340 e. The van der Waals surface area contributed by atoms with E-state index in [-0.39, 0.29) is 17.1 Å². The third-order valence-corrected chi connectivity index (χ3v) is 7.26. The number of amides is 1. The molecule has 1 aromatic heterocycles. The molecule has 0 aliphatic carbocycles. The van der Waals surface area contributed by atoms with Crippen molar-refractivity contribution in [2.24, 2.45) is 5.10 Å². The maximum Gasteiger partial charge on any atom is 0.340 e. The van der Waals surface area contributed by atoms with Crippen LogP contribution in [0.5, 0.6) is 0 Å². The lowest BCUT2D eigenvalue weighted by Crippen LogP contribution is -2.35. The first-order valence-electron chi connectivity index (χ1n) is 10.6. The lowest BCUT2D eigenvalue weighted by atomic mass is 10.1. The van der Waals surface area contributed by atoms with Crippen LogP contribution in [0.25, 0.3) is 0 Å². The van der Waals surface area contributed by atoms with Gasteiger partial charge in [0.15, 0.2) is 0 Å². The quantitative estimate of drug-likeness (QED) is 0.374. The van der Waals surface area contributed by atoms with Gasteiger partial charge in [-0.1, -0.05) is 12.5 Å². The lowest BCUT2D eigenvalue weighted by Gasteiger charge is -2.25. The molecule has 0 radical (unpaired) electrons. The number of benzene rings is 1. The monoisotopic (exact) mass is 460 g/mol. The van der Waals surface area contributed by atoms with Crippen molar-refractivity contribution in [2.75, 3.05) is 19.7 Å². The maximum absolute atomic E-state index is 12.9. The summed E-state index contributed by atoms with van der Waals surface area (Å²) in [6.07, 6.45) is 4.10. The molecule has 2 aromatic rings. The first-order chi connectivity index (χ1) is 15.3. The van der Waals surface area contributed by atoms with Crippen LogP contribution < -0.4 is 5.43 Å². The molecule has 0 saturated carbocycles. The van der Waals surface area contributed by atoms with Gasteiger partial charge in [0.25, 0.3) is 5.91 Å². The molecule has 0 bridgehead atoms. The molecule has 3 rings (SSSR count). The number of hydrazone groups is 1. The van der Waals surface area contributed by atoms with Gasteiger partial charge in [-0.3, -0.25) is 4.79 Å². The minimum Gasteiger partial charge on any atom is -0.462 e. The Morgan fingerprint density at radius 2 is 1.94 bits per heavy atom. The summed E-state index contributed by atoms with van der Waals surface area (Å²) in [5, 5.41) is 3.95. The average Bonchev–Trinajstić information content (AvgIpc) is 3.07. The van der Waals surface area contributed by atoms with Crippen LogP contribution in [-0.4, -0.2) is 55.5 Å². The molecule has 32 heavy (non-hydrogen) atoms. The number of nitrogens with zero attached hydrogens (tertiary/aromatic N) is 2. The van der Waals surface area contributed by atoms with E-state index in [4.69, 9.17) is 4.74 Å². The summed E-state index contributed by atoms with van der Waals surface area (Å²) < 4.78 is 32.2. The van der Waals surface area contributed by atoms with Crippen molar-refractivity contribution in [1.29, 1.82) is 0 Å². The van der Waals surface area contributed by atoms with Crippen LogP contribution in [-0.2, 0) is 14.8 Å². The van der Waals surface area contributed by atoms with Gasteiger partial charge in [-0.25, -0.2) is 18.6 Å². The van der Waals surface area contributed by atoms with Gasteiger partial charge >= 0.3 is 5.97 Å². The van der Waals surface area contributed by atoms with E-state index in [0.29, 0.717) is 35.6 Å². The molecular formula is C22H28N4O5S. The van der Waals surface area contributed by atoms with E-state index in [1.165, 1.54) is 28.7 Å². The predicted octanol–water partition coefficient (Wildman–Crippen LogP) is 2.75. The Bertz CT molecular complexity index is 1130. The highest BCUT2D eigenvalue weighted by atomic mass is 32.2. The topological polar surface area (TPSA) is 121 Å². The van der Waals surface area contributed by atoms with Crippen LogP contribution >= 0.6 is 0 Å². The molecule has 9 nitrogen and oxygen atoms in total. The summed E-state index contributed by atoms with van der Waals surface area (Å²) in [6.45, 7) is 6.50. The number of hydrogen-bond donors (Lipinski definition) is 2. The van der Waals surface area contributed by atoms with E-state index >= 15 is 0 Å². The molecule has 0 unspecified atom stereocenters. The van der Waals surface area contributed by atoms with Gasteiger partial charge in [0.1, 0.15) is 0 Å². The average molecular weight is 461 g/mol. The fourth-order valence-electron chi connectivity index (χ4n) is 3.68. The first-order valence-corrected chi connectivity index (χ1v) is 12.0. The number of rotatable bonds is 7. The number of ether oxygens (including phenoxy) is 1. The highest BCUT2D eigenvalue weighted by Crippen LogP contribution is 2.21. The lowest BCUT2D eigenvalue weighted by molar-refractivity contribution is 0.0524. The van der Waals surface area contributed by atoms with Gasteiger partial charge in [-0.2, -0.15) is 9.41 Å². The molecule has 10 heteroatoms. The number of H-pyrrole nitrogens is 1.